The van der Waals surface area contributed by atoms with E-state index in [9.17, 15) is 0 Å². The highest BCUT2D eigenvalue weighted by molar-refractivity contribution is 5.00. The first-order valence-electron chi connectivity index (χ1n) is 2.68. The van der Waals surface area contributed by atoms with E-state index in [1.807, 2.05) is 31.2 Å². The van der Waals surface area contributed by atoms with E-state index in [1.54, 1.807) is 7.11 Å². The van der Waals surface area contributed by atoms with Gasteiger partial charge in [0.1, 0.15) is 0 Å². The number of ether oxygens (including phenoxy) is 1. The van der Waals surface area contributed by atoms with Crippen LogP contribution in [0.15, 0.2) is 24.3 Å². The normalized spacial score (nSPS) is 11.8. The summed E-state index contributed by atoms with van der Waals surface area (Å²) in [5.41, 5.74) is 0. The SMILES string of the molecule is C/C=C\C=C/COC. The minimum absolute atomic E-state index is 0.699. The summed E-state index contributed by atoms with van der Waals surface area (Å²) in [4.78, 5) is 0. The second-order valence-corrected chi connectivity index (χ2v) is 1.41. The van der Waals surface area contributed by atoms with Crippen molar-refractivity contribution in [2.45, 2.75) is 6.92 Å². The maximum Gasteiger partial charge on any atom is 0.0646 e. The summed E-state index contributed by atoms with van der Waals surface area (Å²) < 4.78 is 4.77. The van der Waals surface area contributed by atoms with Gasteiger partial charge in [0, 0.05) is 7.11 Å². The second-order valence-electron chi connectivity index (χ2n) is 1.41. The van der Waals surface area contributed by atoms with Gasteiger partial charge in [0.15, 0.2) is 0 Å². The molecule has 0 aliphatic rings. The molecule has 0 spiro atoms. The Bertz CT molecular complexity index is 82.4. The van der Waals surface area contributed by atoms with Gasteiger partial charge in [-0.2, -0.15) is 0 Å². The predicted molar refractivity (Wildman–Crippen MR) is 35.8 cm³/mol. The van der Waals surface area contributed by atoms with Crippen LogP contribution < -0.4 is 0 Å². The summed E-state index contributed by atoms with van der Waals surface area (Å²) in [7, 11) is 1.68. The van der Waals surface area contributed by atoms with Crippen LogP contribution in [0.25, 0.3) is 0 Å². The molecule has 0 saturated carbocycles. The standard InChI is InChI=1S/C7H12O/c1-3-4-5-6-7-8-2/h3-6H,7H2,1-2H3/b4-3-,6-5-. The Kier molecular flexibility index (Phi) is 5.99. The van der Waals surface area contributed by atoms with Crippen molar-refractivity contribution in [1.29, 1.82) is 0 Å². The fourth-order valence-corrected chi connectivity index (χ4v) is 0.341. The first-order valence-corrected chi connectivity index (χ1v) is 2.68. The van der Waals surface area contributed by atoms with Crippen LogP contribution in [0, 0.1) is 0 Å². The zero-order valence-electron chi connectivity index (χ0n) is 5.42. The van der Waals surface area contributed by atoms with E-state index in [4.69, 9.17) is 4.74 Å². The zero-order valence-corrected chi connectivity index (χ0v) is 5.42. The minimum Gasteiger partial charge on any atom is -0.381 e. The number of methoxy groups -OCH3 is 1. The van der Waals surface area contributed by atoms with Crippen molar-refractivity contribution in [3.8, 4) is 0 Å². The molecule has 46 valence electrons. The molecule has 8 heavy (non-hydrogen) atoms. The molecule has 1 nitrogen and oxygen atoms in total. The summed E-state index contributed by atoms with van der Waals surface area (Å²) in [6.45, 7) is 2.68. The van der Waals surface area contributed by atoms with Gasteiger partial charge in [-0.15, -0.1) is 0 Å². The average Bonchev–Trinajstić information content (AvgIpc) is 1.81. The van der Waals surface area contributed by atoms with Crippen LogP contribution in [0.5, 0.6) is 0 Å². The van der Waals surface area contributed by atoms with E-state index in [1.165, 1.54) is 0 Å². The molecule has 0 heterocycles. The lowest BCUT2D eigenvalue weighted by molar-refractivity contribution is 0.234. The van der Waals surface area contributed by atoms with E-state index in [0.717, 1.165) is 0 Å². The maximum absolute atomic E-state index is 4.77. The van der Waals surface area contributed by atoms with Crippen LogP contribution in [-0.2, 0) is 4.74 Å². The van der Waals surface area contributed by atoms with Crippen LogP contribution in [-0.4, -0.2) is 13.7 Å². The van der Waals surface area contributed by atoms with E-state index < -0.39 is 0 Å². The molecule has 0 aromatic rings. The van der Waals surface area contributed by atoms with E-state index in [-0.39, 0.29) is 0 Å². The molecule has 1 heteroatoms. The molecule has 0 radical (unpaired) electrons. The van der Waals surface area contributed by atoms with Gasteiger partial charge in [0.05, 0.1) is 6.61 Å². The molecule has 0 aromatic carbocycles. The van der Waals surface area contributed by atoms with Crippen LogP contribution in [0.2, 0.25) is 0 Å². The summed E-state index contributed by atoms with van der Waals surface area (Å²) in [6, 6.07) is 0. The lowest BCUT2D eigenvalue weighted by Gasteiger charge is -1.82. The molecule has 0 atom stereocenters. The highest BCUT2D eigenvalue weighted by Crippen LogP contribution is 1.75. The zero-order chi connectivity index (χ0) is 6.24. The Morgan fingerprint density at radius 3 is 2.62 bits per heavy atom. The molecule has 0 unspecified atom stereocenters. The van der Waals surface area contributed by atoms with Crippen molar-refractivity contribution in [3.05, 3.63) is 24.3 Å². The van der Waals surface area contributed by atoms with Gasteiger partial charge in [0.25, 0.3) is 0 Å². The highest BCUT2D eigenvalue weighted by Gasteiger charge is 1.65. The second kappa shape index (κ2) is 6.44. The molecule has 0 aromatic heterocycles. The third-order valence-electron chi connectivity index (χ3n) is 0.703. The van der Waals surface area contributed by atoms with Gasteiger partial charge in [-0.05, 0) is 6.92 Å². The highest BCUT2D eigenvalue weighted by atomic mass is 16.5. The Morgan fingerprint density at radius 1 is 1.38 bits per heavy atom. The van der Waals surface area contributed by atoms with Gasteiger partial charge in [0.2, 0.25) is 0 Å². The quantitative estimate of drug-likeness (QED) is 0.505. The molecule has 0 aliphatic carbocycles. The molecule has 0 aliphatic heterocycles. The topological polar surface area (TPSA) is 9.23 Å². The van der Waals surface area contributed by atoms with Gasteiger partial charge < -0.3 is 4.74 Å². The fourth-order valence-electron chi connectivity index (χ4n) is 0.341. The number of hydrogen-bond donors (Lipinski definition) is 0. The van der Waals surface area contributed by atoms with Crippen LogP contribution in [0.4, 0.5) is 0 Å². The summed E-state index contributed by atoms with van der Waals surface area (Å²) >= 11 is 0. The molecule has 0 saturated heterocycles. The fraction of sp³-hybridized carbons (Fsp3) is 0.429. The van der Waals surface area contributed by atoms with Crippen LogP contribution in [0.3, 0.4) is 0 Å². The van der Waals surface area contributed by atoms with Crippen molar-refractivity contribution in [1.82, 2.24) is 0 Å². The van der Waals surface area contributed by atoms with E-state index in [0.29, 0.717) is 6.61 Å². The number of allylic oxidation sites excluding steroid dienone is 3. The molecule has 0 rings (SSSR count). The maximum atomic E-state index is 4.77. The first-order chi connectivity index (χ1) is 3.91. The third-order valence-corrected chi connectivity index (χ3v) is 0.703. The molecule has 0 amide bonds. The number of hydrogen-bond acceptors (Lipinski definition) is 1. The largest absolute Gasteiger partial charge is 0.381 e. The van der Waals surface area contributed by atoms with Gasteiger partial charge >= 0.3 is 0 Å². The smallest absolute Gasteiger partial charge is 0.0646 e. The predicted octanol–water partition coefficient (Wildman–Crippen LogP) is 1.77. The van der Waals surface area contributed by atoms with Crippen LogP contribution in [0.1, 0.15) is 6.92 Å². The van der Waals surface area contributed by atoms with Crippen LogP contribution >= 0.6 is 0 Å². The molecule has 0 N–H and O–H groups in total. The molecular formula is C7H12O. The van der Waals surface area contributed by atoms with Crippen molar-refractivity contribution in [3.63, 3.8) is 0 Å². The van der Waals surface area contributed by atoms with Crippen molar-refractivity contribution in [2.75, 3.05) is 13.7 Å². The third kappa shape index (κ3) is 5.44. The van der Waals surface area contributed by atoms with Crippen molar-refractivity contribution in [2.24, 2.45) is 0 Å². The lowest BCUT2D eigenvalue weighted by atomic mass is 10.4. The molecule has 0 bridgehead atoms. The van der Waals surface area contributed by atoms with Gasteiger partial charge in [-0.3, -0.25) is 0 Å². The Balaban J connectivity index is 3.07. The Labute approximate surface area is 50.7 Å². The van der Waals surface area contributed by atoms with Gasteiger partial charge in [-0.1, -0.05) is 24.3 Å². The molecule has 0 fully saturated rings. The van der Waals surface area contributed by atoms with E-state index in [2.05, 4.69) is 0 Å². The lowest BCUT2D eigenvalue weighted by Crippen LogP contribution is -1.78. The monoisotopic (exact) mass is 112 g/mol. The molecular weight excluding hydrogens is 100 g/mol. The summed E-state index contributed by atoms with van der Waals surface area (Å²) in [5.74, 6) is 0. The van der Waals surface area contributed by atoms with E-state index >= 15 is 0 Å². The summed E-state index contributed by atoms with van der Waals surface area (Å²) in [6.07, 6.45) is 7.87. The number of rotatable bonds is 3. The summed E-state index contributed by atoms with van der Waals surface area (Å²) in [5, 5.41) is 0. The van der Waals surface area contributed by atoms with Gasteiger partial charge in [-0.25, -0.2) is 0 Å². The Morgan fingerprint density at radius 2 is 2.12 bits per heavy atom. The van der Waals surface area contributed by atoms with Crippen molar-refractivity contribution < 1.29 is 4.74 Å². The minimum atomic E-state index is 0.699. The first kappa shape index (κ1) is 7.44. The average molecular weight is 112 g/mol. The van der Waals surface area contributed by atoms with Crippen molar-refractivity contribution >= 4 is 0 Å². The Hall–Kier alpha value is -0.560.